The van der Waals surface area contributed by atoms with E-state index in [0.717, 1.165) is 10.9 Å². The van der Waals surface area contributed by atoms with Crippen LogP contribution in [-0.4, -0.2) is 54.5 Å². The molecule has 2 rings (SSSR count). The second-order valence-corrected chi connectivity index (χ2v) is 5.51. The van der Waals surface area contributed by atoms with Crippen LogP contribution in [0.3, 0.4) is 0 Å². The standard InChI is InChI=1S/C15H20BrN3O2/c1-2-17-15(21)19-9-7-18(8-10-19)14(20)13-5-3-12(11-16)4-6-13/h3-6H,2,7-11H2,1H3,(H,17,21). The van der Waals surface area contributed by atoms with Crippen LogP contribution >= 0.6 is 15.9 Å². The second kappa shape index (κ2) is 7.45. The predicted octanol–water partition coefficient (Wildman–Crippen LogP) is 2.07. The van der Waals surface area contributed by atoms with Crippen molar-refractivity contribution in [3.63, 3.8) is 0 Å². The Hall–Kier alpha value is -1.56. The van der Waals surface area contributed by atoms with Gasteiger partial charge in [-0.05, 0) is 24.6 Å². The molecule has 0 unspecified atom stereocenters. The van der Waals surface area contributed by atoms with E-state index in [9.17, 15) is 9.59 Å². The van der Waals surface area contributed by atoms with Crippen molar-refractivity contribution in [3.8, 4) is 0 Å². The molecule has 21 heavy (non-hydrogen) atoms. The first-order valence-electron chi connectivity index (χ1n) is 7.12. The summed E-state index contributed by atoms with van der Waals surface area (Å²) in [5.74, 6) is 0.0340. The van der Waals surface area contributed by atoms with Gasteiger partial charge in [0.05, 0.1) is 0 Å². The number of carbonyl (C=O) groups excluding carboxylic acids is 2. The van der Waals surface area contributed by atoms with E-state index >= 15 is 0 Å². The highest BCUT2D eigenvalue weighted by Gasteiger charge is 2.24. The number of nitrogens with one attached hydrogen (secondary N) is 1. The van der Waals surface area contributed by atoms with Crippen LogP contribution in [0.25, 0.3) is 0 Å². The molecule has 114 valence electrons. The van der Waals surface area contributed by atoms with Crippen LogP contribution in [0.5, 0.6) is 0 Å². The highest BCUT2D eigenvalue weighted by atomic mass is 79.9. The van der Waals surface area contributed by atoms with Crippen molar-refractivity contribution in [2.24, 2.45) is 0 Å². The van der Waals surface area contributed by atoms with Crippen LogP contribution in [0.4, 0.5) is 4.79 Å². The first-order chi connectivity index (χ1) is 10.2. The third-order valence-electron chi connectivity index (χ3n) is 3.54. The Labute approximate surface area is 133 Å². The minimum atomic E-state index is -0.0497. The van der Waals surface area contributed by atoms with E-state index in [1.165, 1.54) is 0 Å². The molecule has 5 nitrogen and oxygen atoms in total. The molecule has 0 spiro atoms. The fourth-order valence-corrected chi connectivity index (χ4v) is 2.67. The molecular formula is C15H20BrN3O2. The van der Waals surface area contributed by atoms with Crippen LogP contribution in [0.15, 0.2) is 24.3 Å². The van der Waals surface area contributed by atoms with Gasteiger partial charge >= 0.3 is 6.03 Å². The molecule has 6 heteroatoms. The maximum Gasteiger partial charge on any atom is 0.317 e. The molecule has 3 amide bonds. The Bertz CT molecular complexity index is 496. The third kappa shape index (κ3) is 3.97. The third-order valence-corrected chi connectivity index (χ3v) is 4.18. The van der Waals surface area contributed by atoms with Gasteiger partial charge in [-0.3, -0.25) is 4.79 Å². The molecule has 0 atom stereocenters. The molecule has 1 aliphatic heterocycles. The van der Waals surface area contributed by atoms with Crippen molar-refractivity contribution in [3.05, 3.63) is 35.4 Å². The van der Waals surface area contributed by atoms with Gasteiger partial charge in [0, 0.05) is 43.6 Å². The van der Waals surface area contributed by atoms with E-state index in [1.807, 2.05) is 31.2 Å². The van der Waals surface area contributed by atoms with Gasteiger partial charge in [0.25, 0.3) is 5.91 Å². The second-order valence-electron chi connectivity index (χ2n) is 4.95. The minimum absolute atomic E-state index is 0.0340. The lowest BCUT2D eigenvalue weighted by Crippen LogP contribution is -2.53. The summed E-state index contributed by atoms with van der Waals surface area (Å²) >= 11 is 3.39. The van der Waals surface area contributed by atoms with Crippen molar-refractivity contribution in [2.45, 2.75) is 12.3 Å². The Morgan fingerprint density at radius 1 is 1.10 bits per heavy atom. The van der Waals surface area contributed by atoms with Crippen molar-refractivity contribution in [1.82, 2.24) is 15.1 Å². The van der Waals surface area contributed by atoms with Gasteiger partial charge < -0.3 is 15.1 Å². The Balaban J connectivity index is 1.92. The van der Waals surface area contributed by atoms with E-state index in [-0.39, 0.29) is 11.9 Å². The molecule has 1 saturated heterocycles. The summed E-state index contributed by atoms with van der Waals surface area (Å²) in [6.45, 7) is 4.84. The van der Waals surface area contributed by atoms with Crippen LogP contribution in [-0.2, 0) is 5.33 Å². The molecule has 0 radical (unpaired) electrons. The zero-order chi connectivity index (χ0) is 15.2. The van der Waals surface area contributed by atoms with E-state index in [2.05, 4.69) is 21.2 Å². The van der Waals surface area contributed by atoms with Crippen LogP contribution < -0.4 is 5.32 Å². The Morgan fingerprint density at radius 2 is 1.67 bits per heavy atom. The number of hydrogen-bond donors (Lipinski definition) is 1. The maximum atomic E-state index is 12.4. The van der Waals surface area contributed by atoms with Crippen molar-refractivity contribution in [2.75, 3.05) is 32.7 Å². The largest absolute Gasteiger partial charge is 0.338 e. The fourth-order valence-electron chi connectivity index (χ4n) is 2.29. The molecule has 1 aromatic rings. The van der Waals surface area contributed by atoms with Crippen molar-refractivity contribution in [1.29, 1.82) is 0 Å². The summed E-state index contributed by atoms with van der Waals surface area (Å²) in [4.78, 5) is 27.7. The lowest BCUT2D eigenvalue weighted by Gasteiger charge is -2.34. The highest BCUT2D eigenvalue weighted by Crippen LogP contribution is 2.12. The lowest BCUT2D eigenvalue weighted by molar-refractivity contribution is 0.0665. The van der Waals surface area contributed by atoms with Gasteiger partial charge in [-0.25, -0.2) is 4.79 Å². The van der Waals surface area contributed by atoms with Crippen molar-refractivity contribution < 1.29 is 9.59 Å². The summed E-state index contributed by atoms with van der Waals surface area (Å²) in [6.07, 6.45) is 0. The molecule has 1 aliphatic rings. The number of nitrogens with zero attached hydrogens (tertiary/aromatic N) is 2. The fraction of sp³-hybridized carbons (Fsp3) is 0.467. The van der Waals surface area contributed by atoms with E-state index in [4.69, 9.17) is 0 Å². The number of amides is 3. The molecule has 0 saturated carbocycles. The number of alkyl halides is 1. The molecule has 1 heterocycles. The average Bonchev–Trinajstić information content (AvgIpc) is 2.54. The number of hydrogen-bond acceptors (Lipinski definition) is 2. The average molecular weight is 354 g/mol. The van der Waals surface area contributed by atoms with E-state index in [0.29, 0.717) is 38.3 Å². The molecule has 1 fully saturated rings. The lowest BCUT2D eigenvalue weighted by atomic mass is 10.1. The molecule has 1 N–H and O–H groups in total. The summed E-state index contributed by atoms with van der Waals surface area (Å²) in [5.41, 5.74) is 1.85. The number of halogens is 1. The monoisotopic (exact) mass is 353 g/mol. The first-order valence-corrected chi connectivity index (χ1v) is 8.24. The topological polar surface area (TPSA) is 52.7 Å². The Kier molecular flexibility index (Phi) is 5.61. The maximum absolute atomic E-state index is 12.4. The SMILES string of the molecule is CCNC(=O)N1CCN(C(=O)c2ccc(CBr)cc2)CC1. The van der Waals surface area contributed by atoms with Crippen molar-refractivity contribution >= 4 is 27.9 Å². The van der Waals surface area contributed by atoms with Crippen LogP contribution in [0.2, 0.25) is 0 Å². The quantitative estimate of drug-likeness (QED) is 0.845. The highest BCUT2D eigenvalue weighted by molar-refractivity contribution is 9.08. The smallest absolute Gasteiger partial charge is 0.317 e. The zero-order valence-electron chi connectivity index (χ0n) is 12.1. The predicted molar refractivity (Wildman–Crippen MR) is 85.6 cm³/mol. The van der Waals surface area contributed by atoms with Gasteiger partial charge in [-0.15, -0.1) is 0 Å². The number of urea groups is 1. The Morgan fingerprint density at radius 3 is 2.19 bits per heavy atom. The number of piperazine rings is 1. The van der Waals surface area contributed by atoms with Gasteiger partial charge in [0.1, 0.15) is 0 Å². The minimum Gasteiger partial charge on any atom is -0.338 e. The number of carbonyl (C=O) groups is 2. The van der Waals surface area contributed by atoms with Crippen LogP contribution in [0.1, 0.15) is 22.8 Å². The van der Waals surface area contributed by atoms with Gasteiger partial charge in [-0.2, -0.15) is 0 Å². The molecule has 1 aromatic carbocycles. The van der Waals surface area contributed by atoms with Crippen LogP contribution in [0, 0.1) is 0 Å². The van der Waals surface area contributed by atoms with E-state index < -0.39 is 0 Å². The number of benzene rings is 1. The molecule has 0 aliphatic carbocycles. The number of rotatable bonds is 3. The summed E-state index contributed by atoms with van der Waals surface area (Å²) in [7, 11) is 0. The van der Waals surface area contributed by atoms with E-state index in [1.54, 1.807) is 9.80 Å². The summed E-state index contributed by atoms with van der Waals surface area (Å²) < 4.78 is 0. The molecular weight excluding hydrogens is 334 g/mol. The molecule has 0 bridgehead atoms. The first kappa shape index (κ1) is 15.8. The normalized spacial score (nSPS) is 15.0. The summed E-state index contributed by atoms with van der Waals surface area (Å²) in [6, 6.07) is 7.57. The van der Waals surface area contributed by atoms with Gasteiger partial charge in [-0.1, -0.05) is 28.1 Å². The summed E-state index contributed by atoms with van der Waals surface area (Å²) in [5, 5.41) is 3.57. The van der Waals surface area contributed by atoms with Gasteiger partial charge in [0.2, 0.25) is 0 Å². The zero-order valence-corrected chi connectivity index (χ0v) is 13.7. The molecule has 0 aromatic heterocycles. The van der Waals surface area contributed by atoms with Gasteiger partial charge in [0.15, 0.2) is 0 Å².